The van der Waals surface area contributed by atoms with Crippen molar-refractivity contribution in [3.63, 3.8) is 0 Å². The second-order valence-corrected chi connectivity index (χ2v) is 4.32. The second kappa shape index (κ2) is 6.38. The van der Waals surface area contributed by atoms with Crippen LogP contribution in [-0.2, 0) is 0 Å². The average Bonchev–Trinajstić information content (AvgIpc) is 2.29. The van der Waals surface area contributed by atoms with Crippen LogP contribution in [0, 0.1) is 6.92 Å². The normalized spacial score (nSPS) is 11.3. The van der Waals surface area contributed by atoms with Crippen LogP contribution < -0.4 is 5.32 Å². The number of hydrogen-bond acceptors (Lipinski definition) is 3. The molecule has 1 aromatic carbocycles. The predicted octanol–water partition coefficient (Wildman–Crippen LogP) is 2.99. The van der Waals surface area contributed by atoms with Crippen molar-refractivity contribution in [1.29, 1.82) is 0 Å². The van der Waals surface area contributed by atoms with Gasteiger partial charge in [0.25, 0.3) is 0 Å². The molecule has 1 N–H and O–H groups in total. The molecule has 0 radical (unpaired) electrons. The van der Waals surface area contributed by atoms with Crippen LogP contribution in [-0.4, -0.2) is 18.6 Å². The number of ketones is 1. The number of rotatable bonds is 5. The zero-order chi connectivity index (χ0) is 12.0. The van der Waals surface area contributed by atoms with Crippen LogP contribution in [0.3, 0.4) is 0 Å². The fourth-order valence-corrected chi connectivity index (χ4v) is 1.79. The minimum atomic E-state index is 0.0466. The molecular formula is C13H17NOS. The largest absolute Gasteiger partial charge is 0.380 e. The van der Waals surface area contributed by atoms with Crippen LogP contribution >= 0.6 is 11.8 Å². The van der Waals surface area contributed by atoms with E-state index in [0.29, 0.717) is 0 Å². The van der Waals surface area contributed by atoms with Gasteiger partial charge in [0, 0.05) is 18.2 Å². The van der Waals surface area contributed by atoms with Crippen LogP contribution in [0.1, 0.15) is 22.8 Å². The molecule has 86 valence electrons. The Labute approximate surface area is 101 Å². The maximum absolute atomic E-state index is 11.9. The lowest BCUT2D eigenvalue weighted by atomic mass is 10.1. The fraction of sp³-hybridized carbons (Fsp3) is 0.308. The summed E-state index contributed by atoms with van der Waals surface area (Å²) in [4.78, 5) is 11.9. The SMILES string of the molecule is CCN/C(=C/C(=O)c1ccc(C)cc1)SC. The lowest BCUT2D eigenvalue weighted by molar-refractivity contribution is 0.104. The molecule has 0 saturated heterocycles. The monoisotopic (exact) mass is 235 g/mol. The van der Waals surface area contributed by atoms with Crippen molar-refractivity contribution in [2.45, 2.75) is 13.8 Å². The predicted molar refractivity (Wildman–Crippen MR) is 70.8 cm³/mol. The lowest BCUT2D eigenvalue weighted by Crippen LogP contribution is -2.11. The molecule has 0 amide bonds. The van der Waals surface area contributed by atoms with Crippen molar-refractivity contribution in [3.8, 4) is 0 Å². The number of hydrogen-bond donors (Lipinski definition) is 1. The molecule has 1 aromatic rings. The Kier molecular flexibility index (Phi) is 5.12. The highest BCUT2D eigenvalue weighted by atomic mass is 32.2. The first-order valence-electron chi connectivity index (χ1n) is 5.28. The van der Waals surface area contributed by atoms with Crippen molar-refractivity contribution in [3.05, 3.63) is 46.5 Å². The van der Waals surface area contributed by atoms with E-state index in [4.69, 9.17) is 0 Å². The number of nitrogens with one attached hydrogen (secondary N) is 1. The van der Waals surface area contributed by atoms with Crippen molar-refractivity contribution in [1.82, 2.24) is 5.32 Å². The highest BCUT2D eigenvalue weighted by molar-refractivity contribution is 8.02. The summed E-state index contributed by atoms with van der Waals surface area (Å²) in [6, 6.07) is 7.62. The first kappa shape index (κ1) is 12.8. The Hall–Kier alpha value is -1.22. The van der Waals surface area contributed by atoms with Gasteiger partial charge in [0.2, 0.25) is 0 Å². The Bertz CT molecular complexity index is 381. The summed E-state index contributed by atoms with van der Waals surface area (Å²) in [5, 5.41) is 4.06. The molecule has 0 bridgehead atoms. The molecule has 0 atom stereocenters. The van der Waals surface area contributed by atoms with Crippen molar-refractivity contribution in [2.24, 2.45) is 0 Å². The summed E-state index contributed by atoms with van der Waals surface area (Å²) in [5.41, 5.74) is 1.90. The maximum atomic E-state index is 11.9. The van der Waals surface area contributed by atoms with Gasteiger partial charge in [-0.05, 0) is 20.1 Å². The van der Waals surface area contributed by atoms with E-state index in [1.807, 2.05) is 44.4 Å². The molecule has 0 heterocycles. The summed E-state index contributed by atoms with van der Waals surface area (Å²) in [7, 11) is 0. The van der Waals surface area contributed by atoms with E-state index >= 15 is 0 Å². The van der Waals surface area contributed by atoms with E-state index in [1.165, 1.54) is 0 Å². The first-order chi connectivity index (χ1) is 7.67. The van der Waals surface area contributed by atoms with Crippen molar-refractivity contribution in [2.75, 3.05) is 12.8 Å². The van der Waals surface area contributed by atoms with Gasteiger partial charge in [-0.15, -0.1) is 11.8 Å². The molecular weight excluding hydrogens is 218 g/mol. The number of benzene rings is 1. The van der Waals surface area contributed by atoms with Gasteiger partial charge >= 0.3 is 0 Å². The maximum Gasteiger partial charge on any atom is 0.188 e. The van der Waals surface area contributed by atoms with E-state index in [1.54, 1.807) is 17.8 Å². The molecule has 0 aromatic heterocycles. The highest BCUT2D eigenvalue weighted by Gasteiger charge is 2.03. The molecule has 0 fully saturated rings. The van der Waals surface area contributed by atoms with Crippen LogP contribution in [0.5, 0.6) is 0 Å². The number of carbonyl (C=O) groups excluding carboxylic acids is 1. The van der Waals surface area contributed by atoms with Crippen LogP contribution in [0.4, 0.5) is 0 Å². The summed E-state index contributed by atoms with van der Waals surface area (Å²) < 4.78 is 0. The molecule has 2 nitrogen and oxygen atoms in total. The average molecular weight is 235 g/mol. The minimum absolute atomic E-state index is 0.0466. The molecule has 1 rings (SSSR count). The number of thioether (sulfide) groups is 1. The number of allylic oxidation sites excluding steroid dienone is 1. The van der Waals surface area contributed by atoms with Crippen molar-refractivity contribution >= 4 is 17.5 Å². The third kappa shape index (κ3) is 3.74. The van der Waals surface area contributed by atoms with Gasteiger partial charge in [-0.25, -0.2) is 0 Å². The molecule has 0 saturated carbocycles. The van der Waals surface area contributed by atoms with Gasteiger partial charge < -0.3 is 5.32 Å². The van der Waals surface area contributed by atoms with Crippen molar-refractivity contribution < 1.29 is 4.79 Å². The Morgan fingerprint density at radius 1 is 1.38 bits per heavy atom. The van der Waals surface area contributed by atoms with Gasteiger partial charge in [-0.2, -0.15) is 0 Å². The smallest absolute Gasteiger partial charge is 0.188 e. The van der Waals surface area contributed by atoms with E-state index in [2.05, 4.69) is 5.32 Å². The number of aryl methyl sites for hydroxylation is 1. The molecule has 0 aliphatic heterocycles. The molecule has 3 heteroatoms. The van der Waals surface area contributed by atoms with Gasteiger partial charge in [0.05, 0.1) is 5.03 Å². The summed E-state index contributed by atoms with van der Waals surface area (Å²) in [6.07, 6.45) is 3.61. The van der Waals surface area contributed by atoms with E-state index in [-0.39, 0.29) is 5.78 Å². The molecule has 16 heavy (non-hydrogen) atoms. The third-order valence-corrected chi connectivity index (χ3v) is 2.87. The standard InChI is InChI=1S/C13H17NOS/c1-4-14-13(16-3)9-12(15)11-7-5-10(2)6-8-11/h5-9,14H,4H2,1-3H3/b13-9-. The fourth-order valence-electron chi connectivity index (χ4n) is 1.28. The van der Waals surface area contributed by atoms with Gasteiger partial charge in [-0.3, -0.25) is 4.79 Å². The number of carbonyl (C=O) groups is 1. The van der Waals surface area contributed by atoms with Crippen LogP contribution in [0.25, 0.3) is 0 Å². The zero-order valence-electron chi connectivity index (χ0n) is 9.91. The molecule has 0 aliphatic rings. The molecule has 0 unspecified atom stereocenters. The Morgan fingerprint density at radius 2 is 2.00 bits per heavy atom. The van der Waals surface area contributed by atoms with E-state index in [0.717, 1.165) is 22.7 Å². The zero-order valence-corrected chi connectivity index (χ0v) is 10.7. The highest BCUT2D eigenvalue weighted by Crippen LogP contribution is 2.11. The Morgan fingerprint density at radius 3 is 2.50 bits per heavy atom. The second-order valence-electron chi connectivity index (χ2n) is 3.47. The molecule has 0 aliphatic carbocycles. The lowest BCUT2D eigenvalue weighted by Gasteiger charge is -2.05. The van der Waals surface area contributed by atoms with Crippen LogP contribution in [0.2, 0.25) is 0 Å². The third-order valence-electron chi connectivity index (χ3n) is 2.17. The van der Waals surface area contributed by atoms with E-state index in [9.17, 15) is 4.79 Å². The minimum Gasteiger partial charge on any atom is -0.380 e. The summed E-state index contributed by atoms with van der Waals surface area (Å²) >= 11 is 1.55. The summed E-state index contributed by atoms with van der Waals surface area (Å²) in [6.45, 7) is 4.85. The molecule has 0 spiro atoms. The van der Waals surface area contributed by atoms with Gasteiger partial charge in [0.15, 0.2) is 5.78 Å². The topological polar surface area (TPSA) is 29.1 Å². The van der Waals surface area contributed by atoms with Crippen LogP contribution in [0.15, 0.2) is 35.4 Å². The van der Waals surface area contributed by atoms with E-state index < -0.39 is 0 Å². The Balaban J connectivity index is 2.81. The van der Waals surface area contributed by atoms with Gasteiger partial charge in [-0.1, -0.05) is 29.8 Å². The quantitative estimate of drug-likeness (QED) is 0.628. The summed E-state index contributed by atoms with van der Waals surface area (Å²) in [5.74, 6) is 0.0466. The first-order valence-corrected chi connectivity index (χ1v) is 6.50. The van der Waals surface area contributed by atoms with Gasteiger partial charge in [0.1, 0.15) is 0 Å².